The van der Waals surface area contributed by atoms with Gasteiger partial charge >= 0.3 is 0 Å². The lowest BCUT2D eigenvalue weighted by Gasteiger charge is -2.04. The van der Waals surface area contributed by atoms with Crippen molar-refractivity contribution in [2.24, 2.45) is 0 Å². The fraction of sp³-hybridized carbons (Fsp3) is 0.462. The Morgan fingerprint density at radius 3 is 2.94 bits per heavy atom. The van der Waals surface area contributed by atoms with Crippen molar-refractivity contribution < 1.29 is 0 Å². The molecule has 0 unspecified atom stereocenters. The highest BCUT2D eigenvalue weighted by Gasteiger charge is 2.09. The number of unbranched alkanes of at least 4 members (excludes halogenated alkanes) is 3. The van der Waals surface area contributed by atoms with Crippen LogP contribution in [0.1, 0.15) is 32.6 Å². The van der Waals surface area contributed by atoms with Crippen LogP contribution in [-0.4, -0.2) is 20.3 Å². The highest BCUT2D eigenvalue weighted by molar-refractivity contribution is 6.99. The van der Waals surface area contributed by atoms with Crippen LogP contribution >= 0.6 is 11.7 Å². The number of rotatable bonds is 7. The minimum atomic E-state index is 0.879. The molecule has 0 bridgehead atoms. The van der Waals surface area contributed by atoms with E-state index >= 15 is 0 Å². The summed E-state index contributed by atoms with van der Waals surface area (Å²) < 4.78 is 8.63. The van der Waals surface area contributed by atoms with Gasteiger partial charge in [-0.25, -0.2) is 0 Å². The van der Waals surface area contributed by atoms with Crippen LogP contribution in [0.25, 0.3) is 11.3 Å². The fourth-order valence-corrected chi connectivity index (χ4v) is 2.30. The van der Waals surface area contributed by atoms with Crippen LogP contribution in [0.2, 0.25) is 0 Å². The zero-order valence-electron chi connectivity index (χ0n) is 10.6. The number of anilines is 1. The minimum Gasteiger partial charge on any atom is -0.367 e. The van der Waals surface area contributed by atoms with Gasteiger partial charge in [-0.2, -0.15) is 8.75 Å². The summed E-state index contributed by atoms with van der Waals surface area (Å²) in [5, 5.41) is 3.36. The topological polar surface area (TPSA) is 50.7 Å². The molecule has 2 aromatic heterocycles. The number of nitrogens with zero attached hydrogens (tertiary/aromatic N) is 3. The molecule has 0 aliphatic heterocycles. The lowest BCUT2D eigenvalue weighted by atomic mass is 10.2. The Labute approximate surface area is 112 Å². The number of pyridine rings is 1. The molecule has 0 radical (unpaired) electrons. The summed E-state index contributed by atoms with van der Waals surface area (Å²) in [5.41, 5.74) is 1.92. The zero-order valence-corrected chi connectivity index (χ0v) is 11.4. The standard InChI is InChI=1S/C13H18N4S/c1-2-3-4-5-9-15-13-12(16-18-17-13)11-7-6-8-14-10-11/h6-8,10H,2-5,9H2,1H3,(H,15,17). The van der Waals surface area contributed by atoms with Crippen LogP contribution in [0.4, 0.5) is 5.82 Å². The normalized spacial score (nSPS) is 10.5. The van der Waals surface area contributed by atoms with E-state index in [9.17, 15) is 0 Å². The molecule has 2 rings (SSSR count). The van der Waals surface area contributed by atoms with E-state index in [0.29, 0.717) is 0 Å². The van der Waals surface area contributed by atoms with Gasteiger partial charge in [0.2, 0.25) is 0 Å². The van der Waals surface area contributed by atoms with Gasteiger partial charge in [0.1, 0.15) is 5.69 Å². The molecule has 2 aromatic rings. The molecule has 0 aromatic carbocycles. The third-order valence-corrected chi connectivity index (χ3v) is 3.27. The predicted molar refractivity (Wildman–Crippen MR) is 75.8 cm³/mol. The summed E-state index contributed by atoms with van der Waals surface area (Å²) in [6.07, 6.45) is 8.59. The van der Waals surface area contributed by atoms with Gasteiger partial charge in [-0.1, -0.05) is 26.2 Å². The maximum atomic E-state index is 4.33. The maximum Gasteiger partial charge on any atom is 0.168 e. The Hall–Kier alpha value is -1.49. The maximum absolute atomic E-state index is 4.33. The van der Waals surface area contributed by atoms with E-state index < -0.39 is 0 Å². The van der Waals surface area contributed by atoms with E-state index in [1.807, 2.05) is 18.3 Å². The van der Waals surface area contributed by atoms with Crippen molar-refractivity contribution in [3.8, 4) is 11.3 Å². The fourth-order valence-electron chi connectivity index (χ4n) is 1.76. The quantitative estimate of drug-likeness (QED) is 0.775. The first-order chi connectivity index (χ1) is 8.92. The van der Waals surface area contributed by atoms with Crippen molar-refractivity contribution in [2.75, 3.05) is 11.9 Å². The Kier molecular flexibility index (Phi) is 5.08. The Morgan fingerprint density at radius 1 is 1.22 bits per heavy atom. The van der Waals surface area contributed by atoms with E-state index in [1.54, 1.807) is 6.20 Å². The molecule has 0 atom stereocenters. The molecule has 2 heterocycles. The monoisotopic (exact) mass is 262 g/mol. The van der Waals surface area contributed by atoms with E-state index in [4.69, 9.17) is 0 Å². The first kappa shape index (κ1) is 13.0. The Balaban J connectivity index is 1.92. The molecule has 5 heteroatoms. The summed E-state index contributed by atoms with van der Waals surface area (Å²) in [6, 6.07) is 3.92. The molecule has 96 valence electrons. The van der Waals surface area contributed by atoms with E-state index in [2.05, 4.69) is 26.0 Å². The van der Waals surface area contributed by atoms with Crippen molar-refractivity contribution in [2.45, 2.75) is 32.6 Å². The van der Waals surface area contributed by atoms with Crippen LogP contribution in [-0.2, 0) is 0 Å². The van der Waals surface area contributed by atoms with Gasteiger partial charge < -0.3 is 5.32 Å². The molecule has 0 saturated carbocycles. The van der Waals surface area contributed by atoms with Gasteiger partial charge in [0.25, 0.3) is 0 Å². The lowest BCUT2D eigenvalue weighted by Crippen LogP contribution is -2.02. The lowest BCUT2D eigenvalue weighted by molar-refractivity contribution is 0.684. The third kappa shape index (κ3) is 3.50. The van der Waals surface area contributed by atoms with Crippen LogP contribution in [0.5, 0.6) is 0 Å². The van der Waals surface area contributed by atoms with Gasteiger partial charge in [0.15, 0.2) is 5.82 Å². The second-order valence-electron chi connectivity index (χ2n) is 4.19. The summed E-state index contributed by atoms with van der Waals surface area (Å²) >= 11 is 1.24. The van der Waals surface area contributed by atoms with Gasteiger partial charge in [0.05, 0.1) is 11.7 Å². The highest BCUT2D eigenvalue weighted by atomic mass is 32.1. The molecule has 0 fully saturated rings. The molecule has 0 amide bonds. The van der Waals surface area contributed by atoms with Gasteiger partial charge in [-0.05, 0) is 18.6 Å². The van der Waals surface area contributed by atoms with E-state index in [-0.39, 0.29) is 0 Å². The number of hydrogen-bond donors (Lipinski definition) is 1. The average molecular weight is 262 g/mol. The van der Waals surface area contributed by atoms with Crippen LogP contribution < -0.4 is 5.32 Å². The second-order valence-corrected chi connectivity index (χ2v) is 4.72. The molecule has 0 aliphatic rings. The van der Waals surface area contributed by atoms with Gasteiger partial charge in [-0.15, -0.1) is 0 Å². The largest absolute Gasteiger partial charge is 0.367 e. The van der Waals surface area contributed by atoms with Crippen LogP contribution in [0.3, 0.4) is 0 Å². The summed E-state index contributed by atoms with van der Waals surface area (Å²) in [4.78, 5) is 4.11. The molecule has 1 N–H and O–H groups in total. The van der Waals surface area contributed by atoms with E-state index in [1.165, 1.54) is 37.4 Å². The van der Waals surface area contributed by atoms with Crippen molar-refractivity contribution >= 4 is 17.5 Å². The Bertz CT molecular complexity index is 455. The average Bonchev–Trinajstić information content (AvgIpc) is 2.88. The number of nitrogens with one attached hydrogen (secondary N) is 1. The number of aromatic nitrogens is 3. The van der Waals surface area contributed by atoms with Crippen molar-refractivity contribution in [1.82, 2.24) is 13.7 Å². The summed E-state index contributed by atoms with van der Waals surface area (Å²) in [7, 11) is 0. The SMILES string of the molecule is CCCCCCNc1nsnc1-c1cccnc1. The highest BCUT2D eigenvalue weighted by Crippen LogP contribution is 2.24. The Morgan fingerprint density at radius 2 is 2.17 bits per heavy atom. The molecule has 4 nitrogen and oxygen atoms in total. The predicted octanol–water partition coefficient (Wildman–Crippen LogP) is 3.59. The van der Waals surface area contributed by atoms with Gasteiger partial charge in [0, 0.05) is 24.5 Å². The molecule has 0 spiro atoms. The van der Waals surface area contributed by atoms with Crippen molar-refractivity contribution in [3.63, 3.8) is 0 Å². The summed E-state index contributed by atoms with van der Waals surface area (Å²) in [5.74, 6) is 0.879. The smallest absolute Gasteiger partial charge is 0.168 e. The van der Waals surface area contributed by atoms with Crippen molar-refractivity contribution in [3.05, 3.63) is 24.5 Å². The number of hydrogen-bond acceptors (Lipinski definition) is 5. The van der Waals surface area contributed by atoms with Crippen molar-refractivity contribution in [1.29, 1.82) is 0 Å². The van der Waals surface area contributed by atoms with Crippen LogP contribution in [0.15, 0.2) is 24.5 Å². The molecular formula is C13H18N4S. The molecule has 0 aliphatic carbocycles. The van der Waals surface area contributed by atoms with E-state index in [0.717, 1.165) is 23.6 Å². The van der Waals surface area contributed by atoms with Crippen LogP contribution in [0, 0.1) is 0 Å². The molecule has 0 saturated heterocycles. The first-order valence-corrected chi connectivity index (χ1v) is 7.11. The molecular weight excluding hydrogens is 244 g/mol. The van der Waals surface area contributed by atoms with Gasteiger partial charge in [-0.3, -0.25) is 4.98 Å². The second kappa shape index (κ2) is 7.06. The third-order valence-electron chi connectivity index (χ3n) is 2.75. The zero-order chi connectivity index (χ0) is 12.6. The summed E-state index contributed by atoms with van der Waals surface area (Å²) in [6.45, 7) is 3.18. The molecule has 18 heavy (non-hydrogen) atoms. The first-order valence-electron chi connectivity index (χ1n) is 6.38. The minimum absolute atomic E-state index is 0.879.